The maximum absolute atomic E-state index is 12.8. The number of benzene rings is 2. The van der Waals surface area contributed by atoms with Crippen molar-refractivity contribution in [2.75, 3.05) is 11.9 Å². The number of ether oxygens (including phenoxy) is 1. The first kappa shape index (κ1) is 24.3. The molecule has 168 valence electrons. The van der Waals surface area contributed by atoms with Gasteiger partial charge in [-0.2, -0.15) is 0 Å². The summed E-state index contributed by atoms with van der Waals surface area (Å²) >= 11 is 24.1. The zero-order valence-corrected chi connectivity index (χ0v) is 20.0. The number of nitrogens with zero attached hydrogens (tertiary/aromatic N) is 1. The zero-order valence-electron chi connectivity index (χ0n) is 17.0. The molecule has 2 aromatic rings. The van der Waals surface area contributed by atoms with Crippen LogP contribution in [-0.4, -0.2) is 41.2 Å². The van der Waals surface area contributed by atoms with Crippen LogP contribution in [0, 0.1) is 13.8 Å². The van der Waals surface area contributed by atoms with Crippen molar-refractivity contribution in [2.24, 2.45) is 0 Å². The molecule has 0 bridgehead atoms. The Morgan fingerprint density at radius 2 is 1.47 bits per heavy atom. The number of carbonyl (C=O) groups is 4. The number of amides is 3. The Bertz CT molecular complexity index is 1130. The number of rotatable bonds is 5. The minimum Gasteiger partial charge on any atom is -0.454 e. The Kier molecular flexibility index (Phi) is 7.05. The number of hydrogen-bond donors (Lipinski definition) is 1. The van der Waals surface area contributed by atoms with Crippen molar-refractivity contribution in [3.05, 3.63) is 60.5 Å². The average molecular weight is 518 g/mol. The molecular formula is C21H16Cl4N2O5. The quantitative estimate of drug-likeness (QED) is 0.258. The van der Waals surface area contributed by atoms with Crippen LogP contribution in [0.2, 0.25) is 20.1 Å². The lowest BCUT2D eigenvalue weighted by molar-refractivity contribution is -0.150. The number of fused-ring (bicyclic) bond motifs is 1. The van der Waals surface area contributed by atoms with Gasteiger partial charge in [0.15, 0.2) is 6.61 Å². The Hall–Kier alpha value is -2.32. The van der Waals surface area contributed by atoms with Crippen LogP contribution in [0.4, 0.5) is 5.69 Å². The number of halogens is 4. The lowest BCUT2D eigenvalue weighted by Gasteiger charge is -2.20. The molecule has 1 aliphatic heterocycles. The summed E-state index contributed by atoms with van der Waals surface area (Å²) in [5.74, 6) is -3.31. The van der Waals surface area contributed by atoms with Crippen molar-refractivity contribution in [2.45, 2.75) is 26.8 Å². The van der Waals surface area contributed by atoms with E-state index in [2.05, 4.69) is 5.32 Å². The Morgan fingerprint density at radius 1 is 0.938 bits per heavy atom. The van der Waals surface area contributed by atoms with Gasteiger partial charge in [-0.25, -0.2) is 4.79 Å². The third kappa shape index (κ3) is 4.30. The van der Waals surface area contributed by atoms with Crippen LogP contribution < -0.4 is 5.32 Å². The third-order valence-electron chi connectivity index (χ3n) is 5.00. The predicted molar refractivity (Wildman–Crippen MR) is 122 cm³/mol. The Labute approximate surface area is 203 Å². The van der Waals surface area contributed by atoms with E-state index in [4.69, 9.17) is 51.1 Å². The minimum absolute atomic E-state index is 0.182. The van der Waals surface area contributed by atoms with Crippen molar-refractivity contribution >= 4 is 75.8 Å². The van der Waals surface area contributed by atoms with Crippen LogP contribution in [0.3, 0.4) is 0 Å². The summed E-state index contributed by atoms with van der Waals surface area (Å²) < 4.78 is 4.99. The molecule has 0 aliphatic carbocycles. The molecule has 1 heterocycles. The van der Waals surface area contributed by atoms with E-state index in [1.54, 1.807) is 12.1 Å². The molecule has 0 aromatic heterocycles. The van der Waals surface area contributed by atoms with Gasteiger partial charge in [-0.05, 0) is 44.0 Å². The van der Waals surface area contributed by atoms with E-state index in [9.17, 15) is 19.2 Å². The van der Waals surface area contributed by atoms with E-state index >= 15 is 0 Å². The molecule has 11 heteroatoms. The first-order valence-corrected chi connectivity index (χ1v) is 10.7. The lowest BCUT2D eigenvalue weighted by atomic mass is 10.1. The molecule has 1 atom stereocenters. The molecule has 3 rings (SSSR count). The summed E-state index contributed by atoms with van der Waals surface area (Å²) in [7, 11) is 0. The number of esters is 1. The van der Waals surface area contributed by atoms with Gasteiger partial charge in [0.05, 0.1) is 31.2 Å². The lowest BCUT2D eigenvalue weighted by Crippen LogP contribution is -2.44. The maximum atomic E-state index is 12.8. The fourth-order valence-corrected chi connectivity index (χ4v) is 4.11. The molecule has 1 aliphatic rings. The topological polar surface area (TPSA) is 92.8 Å². The van der Waals surface area contributed by atoms with Crippen LogP contribution in [0.15, 0.2) is 18.2 Å². The second kappa shape index (κ2) is 9.27. The van der Waals surface area contributed by atoms with Gasteiger partial charge < -0.3 is 10.1 Å². The summed E-state index contributed by atoms with van der Waals surface area (Å²) in [6.45, 7) is 4.49. The fraction of sp³-hybridized carbons (Fsp3) is 0.238. The summed E-state index contributed by atoms with van der Waals surface area (Å²) in [6.07, 6.45) is 0. The largest absolute Gasteiger partial charge is 0.454 e. The summed E-state index contributed by atoms with van der Waals surface area (Å²) in [6, 6.07) is 3.98. The standard InChI is InChI=1S/C21H16Cl4N2O5/c1-8-4-5-11(6-9(8)2)26-12(28)7-32-21(31)10(3)27-19(29)13-14(20(27)30)16(23)18(25)17(24)15(13)22/h4-6,10H,7H2,1-3H3,(H,26,28)/t10-/m1/s1. The van der Waals surface area contributed by atoms with E-state index in [-0.39, 0.29) is 31.2 Å². The zero-order chi connectivity index (χ0) is 23.9. The Balaban J connectivity index is 1.70. The average Bonchev–Trinajstić information content (AvgIpc) is 3.01. The normalized spacial score (nSPS) is 13.8. The van der Waals surface area contributed by atoms with Crippen LogP contribution in [-0.2, 0) is 14.3 Å². The van der Waals surface area contributed by atoms with Crippen LogP contribution in [0.5, 0.6) is 0 Å². The summed E-state index contributed by atoms with van der Waals surface area (Å²) in [5, 5.41) is 1.75. The van der Waals surface area contributed by atoms with Crippen LogP contribution in [0.25, 0.3) is 0 Å². The van der Waals surface area contributed by atoms with E-state index < -0.39 is 36.3 Å². The summed E-state index contributed by atoms with van der Waals surface area (Å²) in [4.78, 5) is 50.8. The van der Waals surface area contributed by atoms with E-state index in [1.807, 2.05) is 19.9 Å². The van der Waals surface area contributed by atoms with Crippen LogP contribution >= 0.6 is 46.4 Å². The van der Waals surface area contributed by atoms with Crippen molar-refractivity contribution in [3.63, 3.8) is 0 Å². The Morgan fingerprint density at radius 3 is 1.97 bits per heavy atom. The molecule has 0 spiro atoms. The highest BCUT2D eigenvalue weighted by atomic mass is 35.5. The minimum atomic E-state index is -1.36. The maximum Gasteiger partial charge on any atom is 0.329 e. The van der Waals surface area contributed by atoms with Gasteiger partial charge in [0.2, 0.25) is 0 Å². The molecule has 0 unspecified atom stereocenters. The second-order valence-electron chi connectivity index (χ2n) is 7.12. The van der Waals surface area contributed by atoms with E-state index in [0.717, 1.165) is 11.1 Å². The number of imide groups is 1. The number of aryl methyl sites for hydroxylation is 2. The SMILES string of the molecule is Cc1ccc(NC(=O)COC(=O)[C@@H](C)N2C(=O)c3c(Cl)c(Cl)c(Cl)c(Cl)c3C2=O)cc1C. The highest BCUT2D eigenvalue weighted by Crippen LogP contribution is 2.45. The number of carbonyl (C=O) groups excluding carboxylic acids is 4. The van der Waals surface area contributed by atoms with Gasteiger partial charge in [-0.1, -0.05) is 52.5 Å². The third-order valence-corrected chi connectivity index (χ3v) is 6.80. The highest BCUT2D eigenvalue weighted by molar-refractivity contribution is 6.55. The van der Waals surface area contributed by atoms with Gasteiger partial charge in [0.25, 0.3) is 17.7 Å². The van der Waals surface area contributed by atoms with Gasteiger partial charge in [0.1, 0.15) is 6.04 Å². The molecule has 2 aromatic carbocycles. The van der Waals surface area contributed by atoms with Crippen molar-refractivity contribution < 1.29 is 23.9 Å². The highest BCUT2D eigenvalue weighted by Gasteiger charge is 2.45. The molecular weight excluding hydrogens is 502 g/mol. The monoisotopic (exact) mass is 516 g/mol. The summed E-state index contributed by atoms with van der Waals surface area (Å²) in [5.41, 5.74) is 2.09. The van der Waals surface area contributed by atoms with Crippen molar-refractivity contribution in [3.8, 4) is 0 Å². The van der Waals surface area contributed by atoms with Crippen molar-refractivity contribution in [1.82, 2.24) is 4.90 Å². The molecule has 32 heavy (non-hydrogen) atoms. The predicted octanol–water partition coefficient (Wildman–Crippen LogP) is 5.08. The second-order valence-corrected chi connectivity index (χ2v) is 8.63. The van der Waals surface area contributed by atoms with E-state index in [0.29, 0.717) is 10.6 Å². The number of nitrogens with one attached hydrogen (secondary N) is 1. The molecule has 0 radical (unpaired) electrons. The molecule has 0 saturated carbocycles. The molecule has 3 amide bonds. The first-order valence-electron chi connectivity index (χ1n) is 9.23. The van der Waals surface area contributed by atoms with Gasteiger partial charge in [-0.3, -0.25) is 19.3 Å². The van der Waals surface area contributed by atoms with Gasteiger partial charge >= 0.3 is 5.97 Å². The first-order chi connectivity index (χ1) is 15.0. The smallest absolute Gasteiger partial charge is 0.329 e. The molecule has 0 saturated heterocycles. The van der Waals surface area contributed by atoms with E-state index in [1.165, 1.54) is 6.92 Å². The fourth-order valence-electron chi connectivity index (χ4n) is 3.10. The van der Waals surface area contributed by atoms with Gasteiger partial charge in [0, 0.05) is 5.69 Å². The van der Waals surface area contributed by atoms with Gasteiger partial charge in [-0.15, -0.1) is 0 Å². The number of hydrogen-bond acceptors (Lipinski definition) is 5. The molecule has 7 nitrogen and oxygen atoms in total. The number of anilines is 1. The van der Waals surface area contributed by atoms with Crippen LogP contribution in [0.1, 0.15) is 38.8 Å². The molecule has 0 fully saturated rings. The molecule has 1 N–H and O–H groups in total. The van der Waals surface area contributed by atoms with Crippen molar-refractivity contribution in [1.29, 1.82) is 0 Å².